The molecular weight excluding hydrogens is 275 g/mol. The van der Waals surface area contributed by atoms with Gasteiger partial charge in [-0.25, -0.2) is 0 Å². The fraction of sp³-hybridized carbons (Fsp3) is 0.417. The van der Waals surface area contributed by atoms with E-state index >= 15 is 0 Å². The first-order chi connectivity index (χ1) is 8.54. The number of carbonyl (C=O) groups is 1. The van der Waals surface area contributed by atoms with Crippen LogP contribution >= 0.6 is 19.2 Å². The maximum Gasteiger partial charge on any atom is 0.363 e. The van der Waals surface area contributed by atoms with Crippen LogP contribution < -0.4 is 0 Å². The van der Waals surface area contributed by atoms with Crippen molar-refractivity contribution in [1.29, 1.82) is 0 Å². The summed E-state index contributed by atoms with van der Waals surface area (Å²) in [5.74, 6) is 0. The van der Waals surface area contributed by atoms with Crippen molar-refractivity contribution in [3.8, 4) is 0 Å². The monoisotopic (exact) mass is 290 g/mol. The standard InChI is InChI=1S/C12H16ClO4P/c1-3-16-18(15,17-4-2)12(13,10-14)11-8-6-5-7-9-11/h5-10H,3-4H2,1-2H3. The molecule has 1 aromatic carbocycles. The maximum absolute atomic E-state index is 12.7. The summed E-state index contributed by atoms with van der Waals surface area (Å²) in [7, 11) is -3.77. The molecule has 0 aliphatic carbocycles. The molecular formula is C12H16ClO4P. The highest BCUT2D eigenvalue weighted by atomic mass is 35.5. The Balaban J connectivity index is 3.28. The molecule has 18 heavy (non-hydrogen) atoms. The van der Waals surface area contributed by atoms with Gasteiger partial charge in [-0.15, -0.1) is 0 Å². The van der Waals surface area contributed by atoms with Gasteiger partial charge in [-0.2, -0.15) is 0 Å². The van der Waals surface area contributed by atoms with Gasteiger partial charge in [0.2, 0.25) is 4.62 Å². The molecule has 0 saturated heterocycles. The minimum Gasteiger partial charge on any atom is -0.307 e. The molecule has 0 bridgehead atoms. The van der Waals surface area contributed by atoms with E-state index in [1.807, 2.05) is 0 Å². The Bertz CT molecular complexity index is 427. The van der Waals surface area contributed by atoms with Crippen molar-refractivity contribution >= 4 is 25.5 Å². The van der Waals surface area contributed by atoms with Crippen LogP contribution in [0.1, 0.15) is 19.4 Å². The van der Waals surface area contributed by atoms with Crippen molar-refractivity contribution in [2.24, 2.45) is 0 Å². The second-order valence-corrected chi connectivity index (χ2v) is 6.57. The highest BCUT2D eigenvalue weighted by Crippen LogP contribution is 2.66. The van der Waals surface area contributed by atoms with Gasteiger partial charge in [-0.05, 0) is 19.4 Å². The predicted molar refractivity (Wildman–Crippen MR) is 70.9 cm³/mol. The average Bonchev–Trinajstić information content (AvgIpc) is 2.39. The van der Waals surface area contributed by atoms with Crippen LogP contribution in [0.25, 0.3) is 0 Å². The van der Waals surface area contributed by atoms with Crippen molar-refractivity contribution in [2.45, 2.75) is 18.5 Å². The zero-order valence-electron chi connectivity index (χ0n) is 10.3. The molecule has 0 heterocycles. The first kappa shape index (κ1) is 15.4. The Morgan fingerprint density at radius 1 is 1.22 bits per heavy atom. The zero-order valence-corrected chi connectivity index (χ0v) is 12.0. The zero-order chi connectivity index (χ0) is 13.6. The molecule has 0 fully saturated rings. The Labute approximate surface area is 112 Å². The smallest absolute Gasteiger partial charge is 0.307 e. The highest BCUT2D eigenvalue weighted by Gasteiger charge is 2.51. The van der Waals surface area contributed by atoms with E-state index in [4.69, 9.17) is 20.6 Å². The minimum atomic E-state index is -3.77. The third-order valence-corrected chi connectivity index (χ3v) is 5.62. The largest absolute Gasteiger partial charge is 0.363 e. The summed E-state index contributed by atoms with van der Waals surface area (Å²) in [6.45, 7) is 3.62. The lowest BCUT2D eigenvalue weighted by atomic mass is 10.1. The number of hydrogen-bond donors (Lipinski definition) is 0. The Morgan fingerprint density at radius 3 is 2.11 bits per heavy atom. The molecule has 0 aliphatic heterocycles. The second kappa shape index (κ2) is 6.48. The van der Waals surface area contributed by atoms with Crippen LogP contribution in [0.2, 0.25) is 0 Å². The minimum absolute atomic E-state index is 0.145. The van der Waals surface area contributed by atoms with Crippen LogP contribution in [0.3, 0.4) is 0 Å². The van der Waals surface area contributed by atoms with Crippen molar-refractivity contribution < 1.29 is 18.4 Å². The summed E-state index contributed by atoms with van der Waals surface area (Å²) >= 11 is 6.23. The lowest BCUT2D eigenvalue weighted by molar-refractivity contribution is -0.108. The third kappa shape index (κ3) is 2.83. The first-order valence-corrected chi connectivity index (χ1v) is 7.56. The van der Waals surface area contributed by atoms with Gasteiger partial charge in [-0.1, -0.05) is 41.9 Å². The molecule has 1 unspecified atom stereocenters. The second-order valence-electron chi connectivity index (χ2n) is 3.49. The van der Waals surface area contributed by atoms with E-state index in [0.29, 0.717) is 11.8 Å². The molecule has 1 aromatic rings. The van der Waals surface area contributed by atoms with Crippen molar-refractivity contribution in [1.82, 2.24) is 0 Å². The van der Waals surface area contributed by atoms with E-state index < -0.39 is 12.2 Å². The summed E-state index contributed by atoms with van der Waals surface area (Å²) in [4.78, 5) is 11.4. The van der Waals surface area contributed by atoms with Gasteiger partial charge in [0.15, 0.2) is 6.29 Å². The van der Waals surface area contributed by atoms with Crippen molar-refractivity contribution in [3.63, 3.8) is 0 Å². The molecule has 0 amide bonds. The van der Waals surface area contributed by atoms with Crippen molar-refractivity contribution in [2.75, 3.05) is 13.2 Å². The predicted octanol–water partition coefficient (Wildman–Crippen LogP) is 3.54. The molecule has 4 nitrogen and oxygen atoms in total. The molecule has 100 valence electrons. The summed E-state index contributed by atoms with van der Waals surface area (Å²) in [6.07, 6.45) is 0.413. The fourth-order valence-corrected chi connectivity index (χ4v) is 3.67. The Morgan fingerprint density at radius 2 is 1.72 bits per heavy atom. The van der Waals surface area contributed by atoms with Gasteiger partial charge in [-0.3, -0.25) is 4.57 Å². The molecule has 6 heteroatoms. The average molecular weight is 291 g/mol. The normalized spacial score (nSPS) is 15.1. The summed E-state index contributed by atoms with van der Waals surface area (Å²) in [5, 5.41) is 0. The fourth-order valence-electron chi connectivity index (χ4n) is 1.53. The molecule has 0 radical (unpaired) electrons. The van der Waals surface area contributed by atoms with Crippen LogP contribution in [0.5, 0.6) is 0 Å². The van der Waals surface area contributed by atoms with Gasteiger partial charge in [0.05, 0.1) is 13.2 Å². The van der Waals surface area contributed by atoms with Crippen LogP contribution in [-0.4, -0.2) is 19.5 Å². The van der Waals surface area contributed by atoms with Crippen LogP contribution in [0.15, 0.2) is 30.3 Å². The maximum atomic E-state index is 12.7. The van der Waals surface area contributed by atoms with Gasteiger partial charge >= 0.3 is 7.60 Å². The molecule has 0 N–H and O–H groups in total. The Hall–Kier alpha value is -0.670. The van der Waals surface area contributed by atoms with E-state index in [9.17, 15) is 9.36 Å². The molecule has 0 saturated carbocycles. The highest BCUT2D eigenvalue weighted by molar-refractivity contribution is 7.58. The van der Waals surface area contributed by atoms with Gasteiger partial charge in [0.25, 0.3) is 0 Å². The van der Waals surface area contributed by atoms with Gasteiger partial charge in [0, 0.05) is 0 Å². The van der Waals surface area contributed by atoms with Gasteiger partial charge in [0.1, 0.15) is 0 Å². The van der Waals surface area contributed by atoms with E-state index in [-0.39, 0.29) is 13.2 Å². The third-order valence-electron chi connectivity index (χ3n) is 2.33. The van der Waals surface area contributed by atoms with Crippen LogP contribution in [0.4, 0.5) is 0 Å². The molecule has 0 aliphatic rings. The number of carbonyl (C=O) groups excluding carboxylic acids is 1. The van der Waals surface area contributed by atoms with E-state index in [0.717, 1.165) is 0 Å². The number of halogens is 1. The van der Waals surface area contributed by atoms with E-state index in [2.05, 4.69) is 0 Å². The van der Waals surface area contributed by atoms with E-state index in [1.54, 1.807) is 44.2 Å². The molecule has 1 rings (SSSR count). The Kier molecular flexibility index (Phi) is 5.54. The van der Waals surface area contributed by atoms with E-state index in [1.165, 1.54) is 0 Å². The number of rotatable bonds is 7. The van der Waals surface area contributed by atoms with Crippen LogP contribution in [0, 0.1) is 0 Å². The van der Waals surface area contributed by atoms with Gasteiger partial charge < -0.3 is 13.8 Å². The summed E-state index contributed by atoms with van der Waals surface area (Å²) in [6, 6.07) is 8.42. The molecule has 0 spiro atoms. The molecule has 1 atom stereocenters. The van der Waals surface area contributed by atoms with Crippen molar-refractivity contribution in [3.05, 3.63) is 35.9 Å². The lowest BCUT2D eigenvalue weighted by Crippen LogP contribution is -2.24. The van der Waals surface area contributed by atoms with Crippen LogP contribution in [-0.2, 0) is 23.0 Å². The summed E-state index contributed by atoms with van der Waals surface area (Å²) in [5.41, 5.74) is 0.395. The topological polar surface area (TPSA) is 52.6 Å². The summed E-state index contributed by atoms with van der Waals surface area (Å²) < 4.78 is 21.2. The first-order valence-electron chi connectivity index (χ1n) is 5.64. The number of aldehydes is 1. The number of alkyl halides is 1. The lowest BCUT2D eigenvalue weighted by Gasteiger charge is -2.29. The number of benzene rings is 1. The molecule has 0 aromatic heterocycles. The number of hydrogen-bond acceptors (Lipinski definition) is 4. The SMILES string of the molecule is CCOP(=O)(OCC)C(Cl)(C=O)c1ccccc1. The quantitative estimate of drug-likeness (QED) is 0.438.